The standard InChI is InChI=1S/C14H18ClN3O3/c15-11-6-10(7-12(16)8-11)14(21)18-3-1-2-17(4-5-18)9-13(19)20/h6-8H,1-5,9,16H2,(H,19,20). The summed E-state index contributed by atoms with van der Waals surface area (Å²) in [6.45, 7) is 2.33. The third-order valence-corrected chi connectivity index (χ3v) is 3.62. The first kappa shape index (κ1) is 15.6. The van der Waals surface area contributed by atoms with E-state index in [2.05, 4.69) is 0 Å². The number of nitrogens with zero attached hydrogens (tertiary/aromatic N) is 2. The van der Waals surface area contributed by atoms with Crippen LogP contribution in [-0.4, -0.2) is 59.5 Å². The Labute approximate surface area is 128 Å². The molecular weight excluding hydrogens is 294 g/mol. The summed E-state index contributed by atoms with van der Waals surface area (Å²) in [5, 5.41) is 9.25. The molecule has 0 aliphatic carbocycles. The number of carbonyl (C=O) groups is 2. The fraction of sp³-hybridized carbons (Fsp3) is 0.429. The highest BCUT2D eigenvalue weighted by Gasteiger charge is 2.21. The van der Waals surface area contributed by atoms with Gasteiger partial charge in [0.25, 0.3) is 5.91 Å². The van der Waals surface area contributed by atoms with E-state index in [0.29, 0.717) is 42.5 Å². The van der Waals surface area contributed by atoms with Crippen molar-refractivity contribution in [3.05, 3.63) is 28.8 Å². The largest absolute Gasteiger partial charge is 0.480 e. The van der Waals surface area contributed by atoms with Crippen molar-refractivity contribution >= 4 is 29.2 Å². The molecule has 0 aromatic heterocycles. The number of carboxylic acids is 1. The van der Waals surface area contributed by atoms with Gasteiger partial charge in [-0.05, 0) is 24.6 Å². The van der Waals surface area contributed by atoms with Crippen LogP contribution in [0, 0.1) is 0 Å². The molecule has 1 amide bonds. The molecule has 7 heteroatoms. The number of anilines is 1. The normalized spacial score (nSPS) is 16.5. The van der Waals surface area contributed by atoms with Crippen molar-refractivity contribution < 1.29 is 14.7 Å². The predicted molar refractivity (Wildman–Crippen MR) is 80.5 cm³/mol. The van der Waals surface area contributed by atoms with Crippen molar-refractivity contribution in [2.45, 2.75) is 6.42 Å². The van der Waals surface area contributed by atoms with Crippen LogP contribution in [0.25, 0.3) is 0 Å². The highest BCUT2D eigenvalue weighted by Crippen LogP contribution is 2.18. The molecule has 21 heavy (non-hydrogen) atoms. The number of benzene rings is 1. The van der Waals surface area contributed by atoms with E-state index in [1.54, 1.807) is 23.1 Å². The number of nitrogens with two attached hydrogens (primary N) is 1. The minimum atomic E-state index is -0.850. The molecule has 0 bridgehead atoms. The zero-order valence-corrected chi connectivity index (χ0v) is 12.3. The molecule has 3 N–H and O–H groups in total. The highest BCUT2D eigenvalue weighted by molar-refractivity contribution is 6.31. The summed E-state index contributed by atoms with van der Waals surface area (Å²) in [5.74, 6) is -0.973. The molecule has 0 saturated carbocycles. The number of hydrogen-bond donors (Lipinski definition) is 2. The van der Waals surface area contributed by atoms with Gasteiger partial charge in [0.15, 0.2) is 0 Å². The maximum Gasteiger partial charge on any atom is 0.317 e. The maximum absolute atomic E-state index is 12.5. The van der Waals surface area contributed by atoms with E-state index in [-0.39, 0.29) is 12.5 Å². The van der Waals surface area contributed by atoms with Gasteiger partial charge in [0.2, 0.25) is 0 Å². The lowest BCUT2D eigenvalue weighted by Gasteiger charge is -2.21. The van der Waals surface area contributed by atoms with E-state index in [4.69, 9.17) is 22.4 Å². The van der Waals surface area contributed by atoms with Gasteiger partial charge >= 0.3 is 5.97 Å². The van der Waals surface area contributed by atoms with Gasteiger partial charge in [-0.25, -0.2) is 0 Å². The van der Waals surface area contributed by atoms with Crippen LogP contribution in [0.2, 0.25) is 5.02 Å². The number of nitrogen functional groups attached to an aromatic ring is 1. The number of amides is 1. The van der Waals surface area contributed by atoms with Gasteiger partial charge in [-0.3, -0.25) is 14.5 Å². The van der Waals surface area contributed by atoms with Crippen molar-refractivity contribution in [2.24, 2.45) is 0 Å². The summed E-state index contributed by atoms with van der Waals surface area (Å²) in [6.07, 6.45) is 0.745. The average Bonchev–Trinajstić information content (AvgIpc) is 2.61. The molecule has 1 aliphatic rings. The van der Waals surface area contributed by atoms with E-state index in [9.17, 15) is 9.59 Å². The van der Waals surface area contributed by atoms with Gasteiger partial charge < -0.3 is 15.7 Å². The van der Waals surface area contributed by atoms with Crippen LogP contribution >= 0.6 is 11.6 Å². The molecular formula is C14H18ClN3O3. The summed E-state index contributed by atoms with van der Waals surface area (Å²) < 4.78 is 0. The van der Waals surface area contributed by atoms with Crippen LogP contribution in [0.4, 0.5) is 5.69 Å². The topological polar surface area (TPSA) is 86.9 Å². The first-order valence-electron chi connectivity index (χ1n) is 6.75. The number of aliphatic carboxylic acids is 1. The van der Waals surface area contributed by atoms with Crippen molar-refractivity contribution in [3.8, 4) is 0 Å². The molecule has 0 radical (unpaired) electrons. The molecule has 1 aromatic carbocycles. The van der Waals surface area contributed by atoms with E-state index in [1.165, 1.54) is 0 Å². The van der Waals surface area contributed by atoms with E-state index in [1.807, 2.05) is 4.90 Å². The van der Waals surface area contributed by atoms with Crippen LogP contribution in [0.15, 0.2) is 18.2 Å². The van der Waals surface area contributed by atoms with Gasteiger partial charge in [-0.15, -0.1) is 0 Å². The lowest BCUT2D eigenvalue weighted by molar-refractivity contribution is -0.138. The molecule has 1 fully saturated rings. The fourth-order valence-corrected chi connectivity index (χ4v) is 2.69. The Bertz CT molecular complexity index is 530. The summed E-state index contributed by atoms with van der Waals surface area (Å²) in [5.41, 5.74) is 6.62. The quantitative estimate of drug-likeness (QED) is 0.818. The Balaban J connectivity index is 2.04. The van der Waals surface area contributed by atoms with E-state index >= 15 is 0 Å². The van der Waals surface area contributed by atoms with E-state index < -0.39 is 5.97 Å². The lowest BCUT2D eigenvalue weighted by atomic mass is 10.1. The zero-order valence-electron chi connectivity index (χ0n) is 11.6. The second kappa shape index (κ2) is 6.78. The zero-order chi connectivity index (χ0) is 15.4. The first-order chi connectivity index (χ1) is 9.95. The SMILES string of the molecule is Nc1cc(Cl)cc(C(=O)N2CCCN(CC(=O)O)CC2)c1. The number of hydrogen-bond acceptors (Lipinski definition) is 4. The van der Waals surface area contributed by atoms with Crippen LogP contribution in [0.1, 0.15) is 16.8 Å². The Kier molecular flexibility index (Phi) is 5.03. The predicted octanol–water partition coefficient (Wildman–Crippen LogP) is 1.15. The third-order valence-electron chi connectivity index (χ3n) is 3.40. The Morgan fingerprint density at radius 2 is 1.95 bits per heavy atom. The van der Waals surface area contributed by atoms with Crippen molar-refractivity contribution in [1.82, 2.24) is 9.80 Å². The Hall–Kier alpha value is -1.79. The molecule has 1 saturated heterocycles. The van der Waals surface area contributed by atoms with Crippen LogP contribution in [0.5, 0.6) is 0 Å². The first-order valence-corrected chi connectivity index (χ1v) is 7.13. The number of carbonyl (C=O) groups excluding carboxylic acids is 1. The summed E-state index contributed by atoms with van der Waals surface area (Å²) in [7, 11) is 0. The van der Waals surface area contributed by atoms with Gasteiger partial charge in [0, 0.05) is 42.5 Å². The van der Waals surface area contributed by atoms with E-state index in [0.717, 1.165) is 6.42 Å². The van der Waals surface area contributed by atoms with Gasteiger partial charge in [0.05, 0.1) is 6.54 Å². The maximum atomic E-state index is 12.5. The number of halogens is 1. The average molecular weight is 312 g/mol. The molecule has 1 aromatic rings. The van der Waals surface area contributed by atoms with Gasteiger partial charge in [-0.2, -0.15) is 0 Å². The molecule has 0 unspecified atom stereocenters. The minimum absolute atomic E-state index is 0.00609. The summed E-state index contributed by atoms with van der Waals surface area (Å²) in [6, 6.07) is 4.80. The van der Waals surface area contributed by atoms with Gasteiger partial charge in [-0.1, -0.05) is 11.6 Å². The second-order valence-corrected chi connectivity index (χ2v) is 5.53. The highest BCUT2D eigenvalue weighted by atomic mass is 35.5. The number of carboxylic acid groups (broad SMARTS) is 1. The lowest BCUT2D eigenvalue weighted by Crippen LogP contribution is -2.36. The molecule has 114 valence electrons. The molecule has 1 aliphatic heterocycles. The van der Waals surface area contributed by atoms with Crippen molar-refractivity contribution in [2.75, 3.05) is 38.5 Å². The molecule has 1 heterocycles. The molecule has 0 atom stereocenters. The van der Waals surface area contributed by atoms with Gasteiger partial charge in [0.1, 0.15) is 0 Å². The smallest absolute Gasteiger partial charge is 0.317 e. The number of rotatable bonds is 3. The van der Waals surface area contributed by atoms with Crippen LogP contribution < -0.4 is 5.73 Å². The monoisotopic (exact) mass is 311 g/mol. The Morgan fingerprint density at radius 1 is 1.19 bits per heavy atom. The van der Waals surface area contributed by atoms with Crippen molar-refractivity contribution in [3.63, 3.8) is 0 Å². The second-order valence-electron chi connectivity index (χ2n) is 5.09. The molecule has 6 nitrogen and oxygen atoms in total. The van der Waals surface area contributed by atoms with Crippen LogP contribution in [0.3, 0.4) is 0 Å². The minimum Gasteiger partial charge on any atom is -0.480 e. The molecule has 2 rings (SSSR count). The molecule has 0 spiro atoms. The summed E-state index contributed by atoms with van der Waals surface area (Å²) >= 11 is 5.92. The van der Waals surface area contributed by atoms with Crippen LogP contribution in [-0.2, 0) is 4.79 Å². The third kappa shape index (κ3) is 4.34. The summed E-state index contributed by atoms with van der Waals surface area (Å²) in [4.78, 5) is 26.8. The van der Waals surface area contributed by atoms with Crippen molar-refractivity contribution in [1.29, 1.82) is 0 Å². The Morgan fingerprint density at radius 3 is 2.62 bits per heavy atom. The fourth-order valence-electron chi connectivity index (χ4n) is 2.44.